The molecule has 2 radical (unpaired) electrons. The Morgan fingerprint density at radius 2 is 1.80 bits per heavy atom. The van der Waals surface area contributed by atoms with Crippen molar-refractivity contribution in [1.29, 1.82) is 0 Å². The number of phosphoric acid groups is 3. The lowest BCUT2D eigenvalue weighted by atomic mass is 9.79. The fourth-order valence-electron chi connectivity index (χ4n) is 1.76. The molecule has 0 aromatic carbocycles. The van der Waals surface area contributed by atoms with Crippen LogP contribution in [0.2, 0.25) is 0 Å². The van der Waals surface area contributed by atoms with Crippen LogP contribution in [0.3, 0.4) is 0 Å². The Bertz CT molecular complexity index is 694. The van der Waals surface area contributed by atoms with E-state index in [-0.39, 0.29) is 0 Å². The summed E-state index contributed by atoms with van der Waals surface area (Å²) < 4.78 is 49.5. The number of nitrogens with zero attached hydrogens (tertiary/aromatic N) is 3. The number of azide groups is 1. The first-order valence-corrected chi connectivity index (χ1v) is 10.6. The summed E-state index contributed by atoms with van der Waals surface area (Å²) >= 11 is 0. The fourth-order valence-corrected chi connectivity index (χ4v) is 4.79. The molecule has 6 atom stereocenters. The fraction of sp³-hybridized carbons (Fsp3) is 1.00. The first kappa shape index (κ1) is 22.7. The molecular weight excluding hydrogens is 410 g/mol. The third kappa shape index (κ3) is 6.42. The van der Waals surface area contributed by atoms with Crippen LogP contribution in [0.25, 0.3) is 10.4 Å². The SMILES string of the molecule is [B][C@@H]1O[C@H](COP(=O)(O)OP(=O)(O)OP(=O)(O)O)[C@@H](O)[C@@]1(C)N=[N+]=[N-]. The number of aliphatic hydroxyl groups is 1. The van der Waals surface area contributed by atoms with Crippen molar-refractivity contribution in [2.24, 2.45) is 5.11 Å². The van der Waals surface area contributed by atoms with E-state index in [0.29, 0.717) is 0 Å². The van der Waals surface area contributed by atoms with Gasteiger partial charge in [0, 0.05) is 10.9 Å². The highest BCUT2D eigenvalue weighted by Crippen LogP contribution is 2.66. The van der Waals surface area contributed by atoms with E-state index in [1.165, 1.54) is 6.92 Å². The molecule has 0 aromatic heterocycles. The van der Waals surface area contributed by atoms with Crippen LogP contribution >= 0.6 is 23.5 Å². The van der Waals surface area contributed by atoms with Gasteiger partial charge in [0.2, 0.25) is 0 Å². The van der Waals surface area contributed by atoms with Gasteiger partial charge in [0.25, 0.3) is 0 Å². The molecule has 25 heavy (non-hydrogen) atoms. The van der Waals surface area contributed by atoms with Gasteiger partial charge in [0.1, 0.15) is 14.0 Å². The van der Waals surface area contributed by atoms with Gasteiger partial charge in [-0.15, -0.1) is 0 Å². The van der Waals surface area contributed by atoms with Gasteiger partial charge in [-0.25, -0.2) is 13.7 Å². The van der Waals surface area contributed by atoms with Crippen LogP contribution in [0.1, 0.15) is 6.92 Å². The third-order valence-corrected chi connectivity index (χ3v) is 6.73. The molecule has 142 valence electrons. The molecule has 5 N–H and O–H groups in total. The maximum atomic E-state index is 11.5. The first-order valence-electron chi connectivity index (χ1n) is 6.05. The molecule has 19 heteroatoms. The lowest BCUT2D eigenvalue weighted by Crippen LogP contribution is -2.44. The molecule has 1 aliphatic heterocycles. The van der Waals surface area contributed by atoms with Crippen LogP contribution < -0.4 is 0 Å². The zero-order valence-corrected chi connectivity index (χ0v) is 15.0. The van der Waals surface area contributed by atoms with Crippen molar-refractivity contribution in [1.82, 2.24) is 0 Å². The molecule has 1 rings (SSSR count). The van der Waals surface area contributed by atoms with Crippen molar-refractivity contribution in [3.63, 3.8) is 0 Å². The number of ether oxygens (including phenoxy) is 1. The quantitative estimate of drug-likeness (QED) is 0.111. The third-order valence-electron chi connectivity index (χ3n) is 2.93. The molecule has 1 heterocycles. The maximum Gasteiger partial charge on any atom is 0.490 e. The highest BCUT2D eigenvalue weighted by molar-refractivity contribution is 7.66. The first-order chi connectivity index (χ1) is 11.1. The smallest absolute Gasteiger partial charge is 0.390 e. The number of phosphoric ester groups is 1. The van der Waals surface area contributed by atoms with Crippen LogP contribution in [0.15, 0.2) is 5.11 Å². The largest absolute Gasteiger partial charge is 0.490 e. The normalized spacial score (nSPS) is 34.7. The van der Waals surface area contributed by atoms with E-state index in [1.54, 1.807) is 0 Å². The van der Waals surface area contributed by atoms with Gasteiger partial charge in [-0.1, -0.05) is 5.11 Å². The van der Waals surface area contributed by atoms with Gasteiger partial charge in [-0.3, -0.25) is 4.52 Å². The zero-order chi connectivity index (χ0) is 19.7. The van der Waals surface area contributed by atoms with Crippen LogP contribution in [-0.4, -0.2) is 62.9 Å². The summed E-state index contributed by atoms with van der Waals surface area (Å²) in [5.74, 6) is 0. The summed E-state index contributed by atoms with van der Waals surface area (Å²) in [6.07, 6.45) is -2.97. The van der Waals surface area contributed by atoms with Gasteiger partial charge in [-0.2, -0.15) is 8.62 Å². The van der Waals surface area contributed by atoms with Gasteiger partial charge in [0.05, 0.1) is 18.2 Å². The van der Waals surface area contributed by atoms with Gasteiger partial charge in [-0.05, 0) is 12.5 Å². The molecular formula is C6H13BN3O12P3. The second-order valence-electron chi connectivity index (χ2n) is 4.84. The molecule has 1 saturated heterocycles. The number of hydrogen-bond donors (Lipinski definition) is 5. The Hall–Kier alpha value is -0.295. The standard InChI is InChI=1S/C6H13BN3O12P3/c1-6(9-10-8)4(11)3(20-5(6)7)2-19-24(15,16)22-25(17,18)21-23(12,13)14/h3-5,11H,2H2,1H3,(H,15,16)(H,17,18)(H2,12,13,14)/t3-,4-,5-,6-/m1/s1. The predicted molar refractivity (Wildman–Crippen MR) is 77.8 cm³/mol. The molecule has 1 fully saturated rings. The Morgan fingerprint density at radius 3 is 2.28 bits per heavy atom. The lowest BCUT2D eigenvalue weighted by Gasteiger charge is -2.25. The van der Waals surface area contributed by atoms with E-state index in [1.807, 2.05) is 0 Å². The van der Waals surface area contributed by atoms with Crippen molar-refractivity contribution >= 4 is 31.3 Å². The van der Waals surface area contributed by atoms with E-state index in [0.717, 1.165) is 0 Å². The second-order valence-corrected chi connectivity index (χ2v) is 9.26. The average molecular weight is 423 g/mol. The van der Waals surface area contributed by atoms with E-state index >= 15 is 0 Å². The van der Waals surface area contributed by atoms with E-state index in [2.05, 4.69) is 23.2 Å². The Morgan fingerprint density at radius 1 is 1.24 bits per heavy atom. The Labute approximate surface area is 141 Å². The van der Waals surface area contributed by atoms with Crippen LogP contribution in [0.5, 0.6) is 0 Å². The minimum absolute atomic E-state index is 0.922. The molecule has 0 aliphatic carbocycles. The van der Waals surface area contributed by atoms with Crippen molar-refractivity contribution in [3.8, 4) is 0 Å². The van der Waals surface area contributed by atoms with Crippen LogP contribution in [0, 0.1) is 0 Å². The minimum Gasteiger partial charge on any atom is -0.390 e. The van der Waals surface area contributed by atoms with Crippen molar-refractivity contribution < 1.29 is 56.3 Å². The van der Waals surface area contributed by atoms with Gasteiger partial charge < -0.3 is 29.4 Å². The van der Waals surface area contributed by atoms with Crippen molar-refractivity contribution in [2.45, 2.75) is 30.7 Å². The summed E-state index contributed by atoms with van der Waals surface area (Å²) in [5, 5.41) is 13.3. The number of aliphatic hydroxyl groups excluding tert-OH is 1. The molecule has 0 aromatic rings. The summed E-state index contributed by atoms with van der Waals surface area (Å²) in [7, 11) is -11.0. The Balaban J connectivity index is 2.74. The molecule has 15 nitrogen and oxygen atoms in total. The summed E-state index contributed by atoms with van der Waals surface area (Å²) in [5.41, 5.74) is 6.83. The highest BCUT2D eigenvalue weighted by atomic mass is 31.3. The minimum atomic E-state index is -5.66. The van der Waals surface area contributed by atoms with Gasteiger partial charge >= 0.3 is 23.5 Å². The number of hydrogen-bond acceptors (Lipinski definition) is 9. The molecule has 0 spiro atoms. The Kier molecular flexibility index (Phi) is 7.05. The lowest BCUT2D eigenvalue weighted by molar-refractivity contribution is -0.00543. The van der Waals surface area contributed by atoms with Crippen molar-refractivity contribution in [3.05, 3.63) is 10.4 Å². The monoisotopic (exact) mass is 423 g/mol. The molecule has 2 unspecified atom stereocenters. The highest BCUT2D eigenvalue weighted by Gasteiger charge is 2.51. The molecule has 0 bridgehead atoms. The zero-order valence-electron chi connectivity index (χ0n) is 12.3. The second kappa shape index (κ2) is 7.75. The van der Waals surface area contributed by atoms with Crippen LogP contribution in [0.4, 0.5) is 0 Å². The van der Waals surface area contributed by atoms with Crippen molar-refractivity contribution in [2.75, 3.05) is 6.61 Å². The molecule has 0 saturated carbocycles. The summed E-state index contributed by atoms with van der Waals surface area (Å²) in [4.78, 5) is 37.5. The van der Waals surface area contributed by atoms with Crippen LogP contribution in [-0.2, 0) is 31.6 Å². The van der Waals surface area contributed by atoms with E-state index in [4.69, 9.17) is 32.8 Å². The predicted octanol–water partition coefficient (Wildman–Crippen LogP) is -0.347. The maximum absolute atomic E-state index is 11.5. The van der Waals surface area contributed by atoms with E-state index in [9.17, 15) is 23.7 Å². The molecule has 0 amide bonds. The topological polar surface area (TPSA) is 238 Å². The van der Waals surface area contributed by atoms with Gasteiger partial charge in [0.15, 0.2) is 0 Å². The average Bonchev–Trinajstić information content (AvgIpc) is 2.57. The summed E-state index contributed by atoms with van der Waals surface area (Å²) in [6.45, 7) is 0.321. The number of rotatable bonds is 8. The summed E-state index contributed by atoms with van der Waals surface area (Å²) in [6, 6.07) is -1.30. The molecule has 1 aliphatic rings. The van der Waals surface area contributed by atoms with E-state index < -0.39 is 53.8 Å².